The maximum atomic E-state index is 9.43. The molecule has 0 aliphatic heterocycles. The van der Waals surface area contributed by atoms with Crippen molar-refractivity contribution in [3.05, 3.63) is 22.2 Å². The second kappa shape index (κ2) is 4.66. The highest BCUT2D eigenvalue weighted by atomic mass is 79.9. The summed E-state index contributed by atoms with van der Waals surface area (Å²) in [5.74, 6) is 1.31. The SMILES string of the molecule is COc1cc([C@H](C)O)cc(OC)c1Br. The standard InChI is InChI=1S/C10H13BrO3/c1-6(12)7-4-8(13-2)10(11)9(5-7)14-3/h4-6,12H,1-3H3/t6-/m0/s1. The molecule has 1 aromatic carbocycles. The number of aliphatic hydroxyl groups is 1. The second-order valence-corrected chi connectivity index (χ2v) is 3.71. The number of ether oxygens (including phenoxy) is 2. The number of halogens is 1. The lowest BCUT2D eigenvalue weighted by molar-refractivity contribution is 0.198. The van der Waals surface area contributed by atoms with Gasteiger partial charge in [0.2, 0.25) is 0 Å². The molecule has 0 spiro atoms. The number of methoxy groups -OCH3 is 2. The zero-order valence-corrected chi connectivity index (χ0v) is 9.96. The number of rotatable bonds is 3. The van der Waals surface area contributed by atoms with E-state index in [2.05, 4.69) is 15.9 Å². The van der Waals surface area contributed by atoms with Crippen LogP contribution in [0.5, 0.6) is 11.5 Å². The van der Waals surface area contributed by atoms with Gasteiger partial charge in [-0.25, -0.2) is 0 Å². The van der Waals surface area contributed by atoms with Crippen molar-refractivity contribution in [2.24, 2.45) is 0 Å². The third-order valence-electron chi connectivity index (χ3n) is 1.95. The minimum absolute atomic E-state index is 0.536. The zero-order valence-electron chi connectivity index (χ0n) is 8.37. The fraction of sp³-hybridized carbons (Fsp3) is 0.400. The van der Waals surface area contributed by atoms with Gasteiger partial charge in [-0.1, -0.05) is 0 Å². The molecule has 0 amide bonds. The first-order chi connectivity index (χ1) is 6.60. The van der Waals surface area contributed by atoms with Gasteiger partial charge in [0.25, 0.3) is 0 Å². The van der Waals surface area contributed by atoms with Crippen LogP contribution < -0.4 is 9.47 Å². The Balaban J connectivity index is 3.25. The van der Waals surface area contributed by atoms with Crippen molar-refractivity contribution in [1.82, 2.24) is 0 Å². The predicted octanol–water partition coefficient (Wildman–Crippen LogP) is 2.52. The van der Waals surface area contributed by atoms with Gasteiger partial charge in [-0.05, 0) is 40.5 Å². The van der Waals surface area contributed by atoms with Crippen molar-refractivity contribution >= 4 is 15.9 Å². The monoisotopic (exact) mass is 260 g/mol. The van der Waals surface area contributed by atoms with E-state index in [-0.39, 0.29) is 0 Å². The van der Waals surface area contributed by atoms with Gasteiger partial charge in [-0.3, -0.25) is 0 Å². The van der Waals surface area contributed by atoms with E-state index in [4.69, 9.17) is 9.47 Å². The topological polar surface area (TPSA) is 38.7 Å². The first-order valence-electron chi connectivity index (χ1n) is 4.19. The second-order valence-electron chi connectivity index (χ2n) is 2.92. The molecule has 1 aromatic rings. The Hall–Kier alpha value is -0.740. The van der Waals surface area contributed by atoms with Gasteiger partial charge >= 0.3 is 0 Å². The summed E-state index contributed by atoms with van der Waals surface area (Å²) in [5.41, 5.74) is 0.766. The molecule has 0 aliphatic rings. The van der Waals surface area contributed by atoms with Gasteiger partial charge in [-0.15, -0.1) is 0 Å². The van der Waals surface area contributed by atoms with Crippen LogP contribution in [0.4, 0.5) is 0 Å². The van der Waals surface area contributed by atoms with Gasteiger partial charge < -0.3 is 14.6 Å². The van der Waals surface area contributed by atoms with E-state index in [1.807, 2.05) is 0 Å². The Morgan fingerprint density at radius 1 is 1.21 bits per heavy atom. The molecule has 4 heteroatoms. The van der Waals surface area contributed by atoms with Gasteiger partial charge in [0.1, 0.15) is 16.0 Å². The van der Waals surface area contributed by atoms with Gasteiger partial charge in [0.15, 0.2) is 0 Å². The van der Waals surface area contributed by atoms with Crippen LogP contribution in [0.2, 0.25) is 0 Å². The molecule has 0 bridgehead atoms. The Kier molecular flexibility index (Phi) is 3.77. The maximum Gasteiger partial charge on any atom is 0.137 e. The van der Waals surface area contributed by atoms with E-state index in [9.17, 15) is 5.11 Å². The molecule has 1 rings (SSSR count). The van der Waals surface area contributed by atoms with Crippen LogP contribution in [0.25, 0.3) is 0 Å². The molecule has 0 saturated carbocycles. The Morgan fingerprint density at radius 3 is 1.93 bits per heavy atom. The Morgan fingerprint density at radius 2 is 1.64 bits per heavy atom. The largest absolute Gasteiger partial charge is 0.495 e. The smallest absolute Gasteiger partial charge is 0.137 e. The lowest BCUT2D eigenvalue weighted by Crippen LogP contribution is -1.96. The molecule has 1 N–H and O–H groups in total. The number of hydrogen-bond donors (Lipinski definition) is 1. The maximum absolute atomic E-state index is 9.43. The third-order valence-corrected chi connectivity index (χ3v) is 2.73. The summed E-state index contributed by atoms with van der Waals surface area (Å²) >= 11 is 3.35. The van der Waals surface area contributed by atoms with E-state index in [0.717, 1.165) is 10.0 Å². The summed E-state index contributed by atoms with van der Waals surface area (Å²) in [6.45, 7) is 1.70. The number of benzene rings is 1. The minimum Gasteiger partial charge on any atom is -0.495 e. The molecule has 14 heavy (non-hydrogen) atoms. The lowest BCUT2D eigenvalue weighted by Gasteiger charge is -2.12. The molecule has 0 unspecified atom stereocenters. The highest BCUT2D eigenvalue weighted by molar-refractivity contribution is 9.10. The molecule has 0 heterocycles. The van der Waals surface area contributed by atoms with Gasteiger partial charge in [0.05, 0.1) is 20.3 Å². The van der Waals surface area contributed by atoms with Crippen molar-refractivity contribution in [3.8, 4) is 11.5 Å². The molecular formula is C10H13BrO3. The van der Waals surface area contributed by atoms with Crippen molar-refractivity contribution in [2.45, 2.75) is 13.0 Å². The molecule has 0 aromatic heterocycles. The summed E-state index contributed by atoms with van der Waals surface area (Å²) in [4.78, 5) is 0. The van der Waals surface area contributed by atoms with Crippen molar-refractivity contribution in [2.75, 3.05) is 14.2 Å². The average Bonchev–Trinajstić information content (AvgIpc) is 2.17. The van der Waals surface area contributed by atoms with Gasteiger partial charge in [-0.2, -0.15) is 0 Å². The van der Waals surface area contributed by atoms with Crippen molar-refractivity contribution in [3.63, 3.8) is 0 Å². The van der Waals surface area contributed by atoms with Crippen LogP contribution in [-0.2, 0) is 0 Å². The number of hydrogen-bond acceptors (Lipinski definition) is 3. The molecule has 0 fully saturated rings. The predicted molar refractivity (Wildman–Crippen MR) is 57.9 cm³/mol. The quantitative estimate of drug-likeness (QED) is 0.908. The normalized spacial score (nSPS) is 12.4. The summed E-state index contributed by atoms with van der Waals surface area (Å²) < 4.78 is 11.0. The Bertz CT molecular complexity index is 298. The molecule has 0 aliphatic carbocycles. The average molecular weight is 261 g/mol. The highest BCUT2D eigenvalue weighted by Gasteiger charge is 2.11. The minimum atomic E-state index is -0.536. The van der Waals surface area contributed by atoms with Crippen LogP contribution in [0.3, 0.4) is 0 Å². The zero-order chi connectivity index (χ0) is 10.7. The fourth-order valence-electron chi connectivity index (χ4n) is 1.13. The summed E-state index contributed by atoms with van der Waals surface area (Å²) in [5, 5.41) is 9.43. The summed E-state index contributed by atoms with van der Waals surface area (Å²) in [6, 6.07) is 3.55. The first kappa shape index (κ1) is 11.3. The lowest BCUT2D eigenvalue weighted by atomic mass is 10.1. The molecule has 0 saturated heterocycles. The molecule has 78 valence electrons. The van der Waals surface area contributed by atoms with Gasteiger partial charge in [0, 0.05) is 0 Å². The van der Waals surface area contributed by atoms with Crippen LogP contribution in [0.1, 0.15) is 18.6 Å². The third kappa shape index (κ3) is 2.19. The van der Waals surface area contributed by atoms with Crippen LogP contribution in [0.15, 0.2) is 16.6 Å². The van der Waals surface area contributed by atoms with Crippen LogP contribution in [-0.4, -0.2) is 19.3 Å². The number of aliphatic hydroxyl groups excluding tert-OH is 1. The van der Waals surface area contributed by atoms with Crippen molar-refractivity contribution < 1.29 is 14.6 Å². The molecule has 0 radical (unpaired) electrons. The molecule has 3 nitrogen and oxygen atoms in total. The van der Waals surface area contributed by atoms with E-state index in [0.29, 0.717) is 11.5 Å². The van der Waals surface area contributed by atoms with E-state index >= 15 is 0 Å². The van der Waals surface area contributed by atoms with E-state index < -0.39 is 6.10 Å². The van der Waals surface area contributed by atoms with Crippen LogP contribution >= 0.6 is 15.9 Å². The molecular weight excluding hydrogens is 248 g/mol. The fourth-order valence-corrected chi connectivity index (χ4v) is 1.68. The summed E-state index contributed by atoms with van der Waals surface area (Å²) in [6.07, 6.45) is -0.536. The highest BCUT2D eigenvalue weighted by Crippen LogP contribution is 2.37. The molecule has 1 atom stereocenters. The first-order valence-corrected chi connectivity index (χ1v) is 4.99. The van der Waals surface area contributed by atoms with Crippen molar-refractivity contribution in [1.29, 1.82) is 0 Å². The summed E-state index contributed by atoms with van der Waals surface area (Å²) in [7, 11) is 3.15. The Labute approximate surface area is 91.8 Å². The van der Waals surface area contributed by atoms with E-state index in [1.165, 1.54) is 0 Å². The van der Waals surface area contributed by atoms with Crippen LogP contribution in [0, 0.1) is 0 Å². The van der Waals surface area contributed by atoms with E-state index in [1.54, 1.807) is 33.3 Å².